The number of nitrogens with zero attached hydrogens (tertiary/aromatic N) is 2. The van der Waals surface area contributed by atoms with E-state index in [4.69, 9.17) is 11.0 Å². The lowest BCUT2D eigenvalue weighted by molar-refractivity contribution is 0.102. The fourth-order valence-corrected chi connectivity index (χ4v) is 1.86. The summed E-state index contributed by atoms with van der Waals surface area (Å²) in [6, 6.07) is 8.56. The largest absolute Gasteiger partial charge is 0.398 e. The number of pyridine rings is 1. The number of hydrogen-bond acceptors (Lipinski definition) is 4. The van der Waals surface area contributed by atoms with Crippen LogP contribution in [0.3, 0.4) is 0 Å². The molecule has 1 aromatic heterocycles. The summed E-state index contributed by atoms with van der Waals surface area (Å²) >= 11 is 3.29. The van der Waals surface area contributed by atoms with E-state index in [9.17, 15) is 4.79 Å². The van der Waals surface area contributed by atoms with Crippen LogP contribution >= 0.6 is 15.9 Å². The molecule has 0 bridgehead atoms. The van der Waals surface area contributed by atoms with Crippen molar-refractivity contribution >= 4 is 33.2 Å². The number of nitrogen functional groups attached to an aromatic ring is 1. The molecule has 0 aliphatic heterocycles. The highest BCUT2D eigenvalue weighted by atomic mass is 79.9. The maximum Gasteiger partial charge on any atom is 0.259 e. The van der Waals surface area contributed by atoms with Gasteiger partial charge in [0.05, 0.1) is 16.8 Å². The number of carbonyl (C=O) groups is 1. The highest BCUT2D eigenvalue weighted by Crippen LogP contribution is 2.22. The molecule has 1 amide bonds. The van der Waals surface area contributed by atoms with Crippen LogP contribution < -0.4 is 11.1 Å². The predicted molar refractivity (Wildman–Crippen MR) is 75.5 cm³/mol. The molecule has 1 heterocycles. The normalized spacial score (nSPS) is 9.68. The van der Waals surface area contributed by atoms with E-state index in [0.29, 0.717) is 16.9 Å². The van der Waals surface area contributed by atoms with Crippen molar-refractivity contribution in [1.29, 1.82) is 5.26 Å². The van der Waals surface area contributed by atoms with Gasteiger partial charge in [0, 0.05) is 22.6 Å². The summed E-state index contributed by atoms with van der Waals surface area (Å²) in [5.41, 5.74) is 7.10. The molecule has 0 radical (unpaired) electrons. The number of halogens is 1. The zero-order valence-electron chi connectivity index (χ0n) is 9.72. The van der Waals surface area contributed by atoms with Crippen LogP contribution in [0, 0.1) is 11.3 Å². The van der Waals surface area contributed by atoms with E-state index in [1.807, 2.05) is 6.07 Å². The number of anilines is 2. The minimum atomic E-state index is -0.403. The summed E-state index contributed by atoms with van der Waals surface area (Å²) in [7, 11) is 0. The fraction of sp³-hybridized carbons (Fsp3) is 0. The monoisotopic (exact) mass is 316 g/mol. The van der Waals surface area contributed by atoms with E-state index in [2.05, 4.69) is 26.2 Å². The second-order valence-electron chi connectivity index (χ2n) is 3.72. The van der Waals surface area contributed by atoms with Crippen LogP contribution in [0.2, 0.25) is 0 Å². The second-order valence-corrected chi connectivity index (χ2v) is 4.63. The topological polar surface area (TPSA) is 91.8 Å². The molecule has 6 heteroatoms. The standard InChI is InChI=1S/C13H9BrN4O/c14-9-2-1-8(6-15)12(5-9)18-13(19)10-7-17-4-3-11(10)16/h1-5,7H,(H2,16,17)(H,18,19). The maximum absolute atomic E-state index is 12.1. The first-order valence-electron chi connectivity index (χ1n) is 5.32. The molecule has 0 aliphatic rings. The molecule has 19 heavy (non-hydrogen) atoms. The molecular weight excluding hydrogens is 308 g/mol. The zero-order chi connectivity index (χ0) is 13.8. The van der Waals surface area contributed by atoms with Gasteiger partial charge in [-0.3, -0.25) is 9.78 Å². The van der Waals surface area contributed by atoms with Crippen molar-refractivity contribution in [2.75, 3.05) is 11.1 Å². The Hall–Kier alpha value is -2.39. The highest BCUT2D eigenvalue weighted by molar-refractivity contribution is 9.10. The van der Waals surface area contributed by atoms with Gasteiger partial charge in [0.1, 0.15) is 6.07 Å². The van der Waals surface area contributed by atoms with Gasteiger partial charge in [0.2, 0.25) is 0 Å². The average Bonchev–Trinajstić information content (AvgIpc) is 2.39. The van der Waals surface area contributed by atoms with E-state index >= 15 is 0 Å². The lowest BCUT2D eigenvalue weighted by Crippen LogP contribution is -2.15. The van der Waals surface area contributed by atoms with E-state index in [1.54, 1.807) is 24.3 Å². The highest BCUT2D eigenvalue weighted by Gasteiger charge is 2.12. The van der Waals surface area contributed by atoms with E-state index in [1.165, 1.54) is 12.4 Å². The van der Waals surface area contributed by atoms with Gasteiger partial charge in [-0.05, 0) is 24.3 Å². The van der Waals surface area contributed by atoms with E-state index in [-0.39, 0.29) is 5.56 Å². The van der Waals surface area contributed by atoms with Crippen LogP contribution in [0.4, 0.5) is 11.4 Å². The summed E-state index contributed by atoms with van der Waals surface area (Å²) in [6.45, 7) is 0. The molecule has 0 aliphatic carbocycles. The van der Waals surface area contributed by atoms with Crippen LogP contribution in [-0.4, -0.2) is 10.9 Å². The van der Waals surface area contributed by atoms with Gasteiger partial charge in [-0.15, -0.1) is 0 Å². The maximum atomic E-state index is 12.1. The molecule has 0 unspecified atom stereocenters. The minimum absolute atomic E-state index is 0.270. The van der Waals surface area contributed by atoms with Gasteiger partial charge in [-0.2, -0.15) is 5.26 Å². The molecule has 0 saturated heterocycles. The Morgan fingerprint density at radius 3 is 2.89 bits per heavy atom. The SMILES string of the molecule is N#Cc1ccc(Br)cc1NC(=O)c1cnccc1N. The number of amides is 1. The number of nitriles is 1. The second kappa shape index (κ2) is 5.50. The molecule has 94 valence electrons. The Bertz CT molecular complexity index is 679. The van der Waals surface area contributed by atoms with Gasteiger partial charge < -0.3 is 11.1 Å². The first kappa shape index (κ1) is 13.1. The number of hydrogen-bond donors (Lipinski definition) is 2. The average molecular weight is 317 g/mol. The molecule has 0 atom stereocenters. The lowest BCUT2D eigenvalue weighted by atomic mass is 10.1. The van der Waals surface area contributed by atoms with Crippen molar-refractivity contribution in [3.63, 3.8) is 0 Å². The van der Waals surface area contributed by atoms with Crippen molar-refractivity contribution in [2.45, 2.75) is 0 Å². The Morgan fingerprint density at radius 1 is 1.42 bits per heavy atom. The third-order valence-electron chi connectivity index (χ3n) is 2.45. The smallest absolute Gasteiger partial charge is 0.259 e. The number of carbonyl (C=O) groups excluding carboxylic acids is 1. The van der Waals surface area contributed by atoms with Crippen LogP contribution in [0.25, 0.3) is 0 Å². The summed E-state index contributed by atoms with van der Waals surface area (Å²) in [6.07, 6.45) is 2.89. The van der Waals surface area contributed by atoms with Crippen molar-refractivity contribution in [3.05, 3.63) is 52.3 Å². The molecule has 0 fully saturated rings. The van der Waals surface area contributed by atoms with Gasteiger partial charge in [0.25, 0.3) is 5.91 Å². The van der Waals surface area contributed by atoms with E-state index in [0.717, 1.165) is 4.47 Å². The molecule has 1 aromatic carbocycles. The van der Waals surface area contributed by atoms with Gasteiger partial charge in [-0.25, -0.2) is 0 Å². The van der Waals surface area contributed by atoms with Crippen molar-refractivity contribution in [2.24, 2.45) is 0 Å². The lowest BCUT2D eigenvalue weighted by Gasteiger charge is -2.08. The van der Waals surface area contributed by atoms with Crippen LogP contribution in [0.15, 0.2) is 41.1 Å². The number of aromatic nitrogens is 1. The van der Waals surface area contributed by atoms with E-state index < -0.39 is 5.91 Å². The molecule has 3 N–H and O–H groups in total. The molecule has 2 rings (SSSR count). The fourth-order valence-electron chi connectivity index (χ4n) is 1.50. The number of rotatable bonds is 2. The first-order valence-corrected chi connectivity index (χ1v) is 6.11. The summed E-state index contributed by atoms with van der Waals surface area (Å²) in [5.74, 6) is -0.403. The van der Waals surface area contributed by atoms with Crippen molar-refractivity contribution < 1.29 is 4.79 Å². The predicted octanol–water partition coefficient (Wildman–Crippen LogP) is 2.55. The van der Waals surface area contributed by atoms with Crippen LogP contribution in [-0.2, 0) is 0 Å². The van der Waals surface area contributed by atoms with Gasteiger partial charge in [-0.1, -0.05) is 15.9 Å². The van der Waals surface area contributed by atoms with Crippen molar-refractivity contribution in [3.8, 4) is 6.07 Å². The van der Waals surface area contributed by atoms with Gasteiger partial charge in [0.15, 0.2) is 0 Å². The third-order valence-corrected chi connectivity index (χ3v) is 2.94. The van der Waals surface area contributed by atoms with Gasteiger partial charge >= 0.3 is 0 Å². The summed E-state index contributed by atoms with van der Waals surface area (Å²) in [4.78, 5) is 15.9. The Labute approximate surface area is 118 Å². The molecule has 0 saturated carbocycles. The molecule has 2 aromatic rings. The Balaban J connectivity index is 2.32. The summed E-state index contributed by atoms with van der Waals surface area (Å²) in [5, 5.41) is 11.6. The molecule has 5 nitrogen and oxygen atoms in total. The molecule has 0 spiro atoms. The minimum Gasteiger partial charge on any atom is -0.398 e. The first-order chi connectivity index (χ1) is 9.11. The number of benzene rings is 1. The third kappa shape index (κ3) is 2.89. The summed E-state index contributed by atoms with van der Waals surface area (Å²) < 4.78 is 0.765. The zero-order valence-corrected chi connectivity index (χ0v) is 11.3. The van der Waals surface area contributed by atoms with Crippen LogP contribution in [0.1, 0.15) is 15.9 Å². The molecular formula is C13H9BrN4O. The Kier molecular flexibility index (Phi) is 3.78. The van der Waals surface area contributed by atoms with Crippen LogP contribution in [0.5, 0.6) is 0 Å². The quantitative estimate of drug-likeness (QED) is 0.890. The number of nitrogens with one attached hydrogen (secondary N) is 1. The van der Waals surface area contributed by atoms with Crippen molar-refractivity contribution in [1.82, 2.24) is 4.98 Å². The number of nitrogens with two attached hydrogens (primary N) is 1. The Morgan fingerprint density at radius 2 is 2.21 bits per heavy atom.